The Kier molecular flexibility index (Phi) is 3.22. The molecule has 0 saturated heterocycles. The number of sulfonamides is 1. The van der Waals surface area contributed by atoms with E-state index in [-0.39, 0.29) is 22.9 Å². The SMILES string of the molecule is [2H]c1c(C)cc(C(=O)C([2H])([2H])[2H])c(NC(=O)c2sccc2S(=O)(=O)Nc2onc(C([2H])([2H])[2H])c2C([2H])([2H])[2H])c1C. The second-order valence-electron chi connectivity index (χ2n) is 6.10. The number of amides is 1. The summed E-state index contributed by atoms with van der Waals surface area (Å²) in [6.45, 7) is -6.41. The fourth-order valence-corrected chi connectivity index (χ4v) is 4.93. The van der Waals surface area contributed by atoms with Crippen molar-refractivity contribution in [3.63, 3.8) is 0 Å². The monoisotopic (exact) mass is 457 g/mol. The van der Waals surface area contributed by atoms with Crippen molar-refractivity contribution in [3.05, 3.63) is 56.4 Å². The zero-order valence-corrected chi connectivity index (χ0v) is 17.2. The van der Waals surface area contributed by atoms with Crippen LogP contribution in [0.25, 0.3) is 0 Å². The van der Waals surface area contributed by atoms with Crippen LogP contribution in [0.15, 0.2) is 33.0 Å². The lowest BCUT2D eigenvalue weighted by molar-refractivity contribution is 0.101. The number of hydrogen-bond acceptors (Lipinski definition) is 7. The Hall–Kier alpha value is -2.98. The third kappa shape index (κ3) is 4.14. The number of anilines is 2. The molecule has 0 atom stereocenters. The van der Waals surface area contributed by atoms with Crippen molar-refractivity contribution in [2.45, 2.75) is 39.3 Å². The van der Waals surface area contributed by atoms with Crippen LogP contribution in [0.3, 0.4) is 0 Å². The summed E-state index contributed by atoms with van der Waals surface area (Å²) in [7, 11) is -4.79. The van der Waals surface area contributed by atoms with Gasteiger partial charge in [0.05, 0.1) is 12.8 Å². The van der Waals surface area contributed by atoms with Gasteiger partial charge in [-0.1, -0.05) is 11.2 Å². The number of thiophene rings is 1. The maximum Gasteiger partial charge on any atom is 0.267 e. The molecule has 0 spiro atoms. The van der Waals surface area contributed by atoms with Gasteiger partial charge in [-0.3, -0.25) is 9.59 Å². The molecule has 1 amide bonds. The summed E-state index contributed by atoms with van der Waals surface area (Å²) in [6.07, 6.45) is 0. The first-order chi connectivity index (χ1) is 18.1. The summed E-state index contributed by atoms with van der Waals surface area (Å²) in [5, 5.41) is 6.75. The highest BCUT2D eigenvalue weighted by molar-refractivity contribution is 7.93. The summed E-state index contributed by atoms with van der Waals surface area (Å²) < 4.78 is 109. The largest absolute Gasteiger partial charge is 0.337 e. The molecule has 2 N–H and O–H groups in total. The standard InChI is InChI=1S/C20H21N3O5S2/c1-10-8-11(2)17(15(9-10)14(5)24)21-19(25)18-16(6-7-29-18)30(26,27)23-20-12(3)13(4)22-28-20/h6-9,23H,1-5H3,(H,21,25)/i3D3,4D3,5D3,8D. The van der Waals surface area contributed by atoms with Gasteiger partial charge >= 0.3 is 0 Å². The summed E-state index contributed by atoms with van der Waals surface area (Å²) >= 11 is 0.645. The average Bonchev–Trinajstić information content (AvgIpc) is 3.45. The minimum atomic E-state index is -4.79. The minimum absolute atomic E-state index is 0.0567. The molecule has 2 aromatic heterocycles. The molecular weight excluding hydrogens is 426 g/mol. The predicted molar refractivity (Wildman–Crippen MR) is 115 cm³/mol. The third-order valence-electron chi connectivity index (χ3n) is 3.92. The number of nitrogens with zero attached hydrogens (tertiary/aromatic N) is 1. The van der Waals surface area contributed by atoms with E-state index in [1.165, 1.54) is 19.2 Å². The van der Waals surface area contributed by atoms with Gasteiger partial charge in [-0.05, 0) is 63.0 Å². The quantitative estimate of drug-likeness (QED) is 0.535. The molecule has 0 fully saturated rings. The Morgan fingerprint density at radius 3 is 2.80 bits per heavy atom. The van der Waals surface area contributed by atoms with E-state index in [9.17, 15) is 18.0 Å². The second-order valence-corrected chi connectivity index (χ2v) is 8.67. The zero-order chi connectivity index (χ0) is 30.6. The highest BCUT2D eigenvalue weighted by Crippen LogP contribution is 2.29. The van der Waals surface area contributed by atoms with Gasteiger partial charge in [0.1, 0.15) is 9.77 Å². The van der Waals surface area contributed by atoms with Crippen LogP contribution in [0.2, 0.25) is 0 Å². The number of hydrogen-bond donors (Lipinski definition) is 2. The van der Waals surface area contributed by atoms with Crippen LogP contribution < -0.4 is 10.0 Å². The summed E-state index contributed by atoms with van der Waals surface area (Å²) in [5.74, 6) is -3.37. The summed E-state index contributed by atoms with van der Waals surface area (Å²) in [4.78, 5) is 24.7. The summed E-state index contributed by atoms with van der Waals surface area (Å²) in [6, 6.07) is 2.05. The van der Waals surface area contributed by atoms with Crippen LogP contribution in [-0.4, -0.2) is 25.3 Å². The van der Waals surface area contributed by atoms with E-state index < -0.39 is 74.7 Å². The van der Waals surface area contributed by atoms with Gasteiger partial charge in [0.2, 0.25) is 5.88 Å². The molecule has 0 saturated carbocycles. The topological polar surface area (TPSA) is 118 Å². The maximum absolute atomic E-state index is 13.2. The number of aromatic nitrogens is 1. The molecule has 3 rings (SSSR count). The van der Waals surface area contributed by atoms with Gasteiger partial charge in [0.25, 0.3) is 15.9 Å². The Bertz CT molecular complexity index is 1600. The zero-order valence-electron chi connectivity index (χ0n) is 25.5. The number of carbonyl (C=O) groups excluding carboxylic acids is 2. The molecule has 10 heteroatoms. The van der Waals surface area contributed by atoms with E-state index in [1.807, 2.05) is 4.72 Å². The number of benzene rings is 1. The van der Waals surface area contributed by atoms with Crippen LogP contribution in [0.1, 0.15) is 63.0 Å². The predicted octanol–water partition coefficient (Wildman–Crippen LogP) is 4.23. The van der Waals surface area contributed by atoms with Gasteiger partial charge in [-0.25, -0.2) is 13.1 Å². The van der Waals surface area contributed by atoms with E-state index in [0.717, 1.165) is 12.1 Å². The lowest BCUT2D eigenvalue weighted by Gasteiger charge is -2.14. The smallest absolute Gasteiger partial charge is 0.267 e. The molecule has 0 aliphatic carbocycles. The Morgan fingerprint density at radius 2 is 2.10 bits per heavy atom. The molecule has 0 aliphatic rings. The molecule has 30 heavy (non-hydrogen) atoms. The minimum Gasteiger partial charge on any atom is -0.337 e. The van der Waals surface area contributed by atoms with Crippen LogP contribution in [-0.2, 0) is 10.0 Å². The van der Waals surface area contributed by atoms with E-state index in [0.29, 0.717) is 11.3 Å². The molecular formula is C20H21N3O5S2. The first-order valence-electron chi connectivity index (χ1n) is 13.1. The normalized spacial score (nSPS) is 17.5. The number of nitrogens with one attached hydrogen (secondary N) is 2. The highest BCUT2D eigenvalue weighted by Gasteiger charge is 2.27. The third-order valence-corrected chi connectivity index (χ3v) is 6.33. The van der Waals surface area contributed by atoms with Gasteiger partial charge in [0.15, 0.2) is 5.78 Å². The molecule has 3 aromatic rings. The van der Waals surface area contributed by atoms with Crippen LogP contribution in [0.5, 0.6) is 0 Å². The van der Waals surface area contributed by atoms with Crippen molar-refractivity contribution < 1.29 is 36.2 Å². The number of carbonyl (C=O) groups is 2. The molecule has 0 bridgehead atoms. The van der Waals surface area contributed by atoms with E-state index >= 15 is 0 Å². The average molecular weight is 458 g/mol. The van der Waals surface area contributed by atoms with Gasteiger partial charge in [-0.2, -0.15) is 0 Å². The highest BCUT2D eigenvalue weighted by atomic mass is 32.2. The molecule has 0 unspecified atom stereocenters. The first-order valence-corrected chi connectivity index (χ1v) is 10.5. The van der Waals surface area contributed by atoms with Gasteiger partial charge in [0, 0.05) is 23.5 Å². The van der Waals surface area contributed by atoms with Crippen LogP contribution >= 0.6 is 11.3 Å². The number of Topliss-reactive ketones (excluding diaryl/α,β-unsaturated/α-hetero) is 1. The summed E-state index contributed by atoms with van der Waals surface area (Å²) in [5.41, 5.74) is -2.33. The van der Waals surface area contributed by atoms with Crippen molar-refractivity contribution >= 4 is 44.6 Å². The molecule has 1 aromatic carbocycles. The van der Waals surface area contributed by atoms with Crippen molar-refractivity contribution in [2.75, 3.05) is 10.0 Å². The van der Waals surface area contributed by atoms with Crippen molar-refractivity contribution in [3.8, 4) is 0 Å². The lowest BCUT2D eigenvalue weighted by atomic mass is 10.0. The molecule has 158 valence electrons. The van der Waals surface area contributed by atoms with Crippen LogP contribution in [0.4, 0.5) is 11.6 Å². The van der Waals surface area contributed by atoms with Gasteiger partial charge < -0.3 is 9.84 Å². The first kappa shape index (κ1) is 12.0. The number of ketones is 1. The fraction of sp³-hybridized carbons (Fsp3) is 0.250. The Morgan fingerprint density at radius 1 is 1.30 bits per heavy atom. The number of aryl methyl sites for hydroxylation is 2. The molecule has 8 nitrogen and oxygen atoms in total. The molecule has 0 aliphatic heterocycles. The Balaban J connectivity index is 2.05. The van der Waals surface area contributed by atoms with E-state index in [4.69, 9.17) is 18.2 Å². The van der Waals surface area contributed by atoms with Crippen molar-refractivity contribution in [1.29, 1.82) is 0 Å². The van der Waals surface area contributed by atoms with Crippen molar-refractivity contribution in [2.24, 2.45) is 0 Å². The molecule has 2 heterocycles. The van der Waals surface area contributed by atoms with Crippen molar-refractivity contribution in [1.82, 2.24) is 5.16 Å². The van der Waals surface area contributed by atoms with E-state index in [1.54, 1.807) is 0 Å². The molecule has 0 radical (unpaired) electrons. The second kappa shape index (κ2) is 8.04. The van der Waals surface area contributed by atoms with Gasteiger partial charge in [-0.15, -0.1) is 11.3 Å². The fourth-order valence-electron chi connectivity index (χ4n) is 2.61. The Labute approximate surface area is 192 Å². The van der Waals surface area contributed by atoms with Crippen LogP contribution in [0, 0.1) is 27.6 Å². The number of rotatable bonds is 6. The van der Waals surface area contributed by atoms with E-state index in [2.05, 4.69) is 10.5 Å². The lowest BCUT2D eigenvalue weighted by Crippen LogP contribution is -2.20. The maximum atomic E-state index is 13.2.